The number of fused-ring (bicyclic) bond motifs is 1. The van der Waals surface area contributed by atoms with Crippen molar-refractivity contribution in [1.82, 2.24) is 4.98 Å². The second-order valence-electron chi connectivity index (χ2n) is 3.80. The Kier molecular flexibility index (Phi) is 2.22. The van der Waals surface area contributed by atoms with Crippen LogP contribution in [0.3, 0.4) is 0 Å². The third-order valence-corrected chi connectivity index (χ3v) is 2.62. The number of hydrogen-bond donors (Lipinski definition) is 2. The molecular formula is C14H11NO2. The van der Waals surface area contributed by atoms with E-state index >= 15 is 0 Å². The Morgan fingerprint density at radius 1 is 1.00 bits per heavy atom. The molecule has 2 aliphatic rings. The third kappa shape index (κ3) is 1.83. The number of para-hydroxylation sites is 1. The summed E-state index contributed by atoms with van der Waals surface area (Å²) < 4.78 is 5.64. The maximum atomic E-state index is 9.63. The van der Waals surface area contributed by atoms with E-state index in [9.17, 15) is 5.11 Å². The number of ether oxygens (including phenoxy) is 1. The van der Waals surface area contributed by atoms with Crippen LogP contribution in [0.2, 0.25) is 0 Å². The molecule has 2 N–H and O–H groups in total. The molecule has 3 nitrogen and oxygen atoms in total. The summed E-state index contributed by atoms with van der Waals surface area (Å²) in [5.41, 5.74) is 1.75. The summed E-state index contributed by atoms with van der Waals surface area (Å²) in [6, 6.07) is 14.8. The second kappa shape index (κ2) is 3.87. The standard InChI is InChI=1S/C14H11NO2/c16-13-7-6-10-9-15-14(8-12(10)13)17-11-4-2-1-3-5-11/h1-9,15-16H. The number of rotatable bonds is 2. The summed E-state index contributed by atoms with van der Waals surface area (Å²) in [4.78, 5) is 3.04. The molecule has 0 saturated carbocycles. The van der Waals surface area contributed by atoms with Gasteiger partial charge in [0, 0.05) is 23.4 Å². The molecule has 0 aromatic heterocycles. The van der Waals surface area contributed by atoms with Crippen molar-refractivity contribution >= 4 is 0 Å². The van der Waals surface area contributed by atoms with Crippen LogP contribution in [0.4, 0.5) is 0 Å². The van der Waals surface area contributed by atoms with Crippen LogP contribution in [0.1, 0.15) is 0 Å². The minimum atomic E-state index is 0.270. The summed E-state index contributed by atoms with van der Waals surface area (Å²) in [5, 5.41) is 9.63. The highest BCUT2D eigenvalue weighted by Gasteiger charge is 2.10. The molecule has 84 valence electrons. The number of aromatic amines is 1. The first kappa shape index (κ1) is 9.78. The summed E-state index contributed by atoms with van der Waals surface area (Å²) in [7, 11) is 0. The van der Waals surface area contributed by atoms with Crippen molar-refractivity contribution in [1.29, 1.82) is 0 Å². The Morgan fingerprint density at radius 2 is 1.82 bits per heavy atom. The zero-order chi connectivity index (χ0) is 11.7. The molecular weight excluding hydrogens is 214 g/mol. The molecule has 0 fully saturated rings. The molecule has 1 heterocycles. The molecule has 0 unspecified atom stereocenters. The third-order valence-electron chi connectivity index (χ3n) is 2.62. The molecule has 0 bridgehead atoms. The van der Waals surface area contributed by atoms with E-state index in [1.165, 1.54) is 0 Å². The largest absolute Gasteiger partial charge is 0.507 e. The number of aromatic nitrogens is 1. The Bertz CT molecular complexity index is 601. The van der Waals surface area contributed by atoms with Crippen LogP contribution < -0.4 is 4.74 Å². The van der Waals surface area contributed by atoms with Crippen molar-refractivity contribution in [2.45, 2.75) is 0 Å². The monoisotopic (exact) mass is 225 g/mol. The first-order chi connectivity index (χ1) is 8.33. The molecule has 1 aliphatic heterocycles. The molecule has 1 aromatic rings. The van der Waals surface area contributed by atoms with Gasteiger partial charge in [0.1, 0.15) is 11.5 Å². The van der Waals surface area contributed by atoms with Gasteiger partial charge in [-0.05, 0) is 24.3 Å². The molecule has 0 atom stereocenters. The van der Waals surface area contributed by atoms with Gasteiger partial charge in [0.25, 0.3) is 0 Å². The van der Waals surface area contributed by atoms with Crippen molar-refractivity contribution < 1.29 is 9.84 Å². The first-order valence-corrected chi connectivity index (χ1v) is 5.36. The van der Waals surface area contributed by atoms with Crippen LogP contribution in [0, 0.1) is 0 Å². The van der Waals surface area contributed by atoms with E-state index in [0.29, 0.717) is 5.88 Å². The van der Waals surface area contributed by atoms with Gasteiger partial charge in [0.15, 0.2) is 5.88 Å². The lowest BCUT2D eigenvalue weighted by Gasteiger charge is -2.07. The summed E-state index contributed by atoms with van der Waals surface area (Å²) in [5.74, 6) is 1.63. The smallest absolute Gasteiger partial charge is 0.198 e. The van der Waals surface area contributed by atoms with Gasteiger partial charge >= 0.3 is 0 Å². The van der Waals surface area contributed by atoms with Crippen molar-refractivity contribution in [2.75, 3.05) is 0 Å². The lowest BCUT2D eigenvalue weighted by atomic mass is 10.2. The van der Waals surface area contributed by atoms with E-state index in [4.69, 9.17) is 4.74 Å². The van der Waals surface area contributed by atoms with Crippen LogP contribution in [0.5, 0.6) is 17.4 Å². The van der Waals surface area contributed by atoms with Gasteiger partial charge < -0.3 is 14.8 Å². The minimum absolute atomic E-state index is 0.270. The maximum absolute atomic E-state index is 9.63. The van der Waals surface area contributed by atoms with Gasteiger partial charge in [-0.25, -0.2) is 0 Å². The zero-order valence-corrected chi connectivity index (χ0v) is 9.05. The van der Waals surface area contributed by atoms with Crippen LogP contribution in [0.25, 0.3) is 11.1 Å². The number of benzene rings is 1. The van der Waals surface area contributed by atoms with Gasteiger partial charge in [-0.2, -0.15) is 0 Å². The SMILES string of the molecule is Oc1ccc2c[nH]c(Oc3ccccc3)cc1-2. The topological polar surface area (TPSA) is 45.2 Å². The Hall–Kier alpha value is -2.42. The Labute approximate surface area is 98.6 Å². The van der Waals surface area contributed by atoms with Gasteiger partial charge in [-0.1, -0.05) is 18.2 Å². The number of nitrogens with one attached hydrogen (secondary N) is 1. The molecule has 0 amide bonds. The fourth-order valence-electron chi connectivity index (χ4n) is 1.78. The molecule has 3 heteroatoms. The number of H-pyrrole nitrogens is 1. The Balaban J connectivity index is 1.96. The minimum Gasteiger partial charge on any atom is -0.507 e. The quantitative estimate of drug-likeness (QED) is 0.699. The van der Waals surface area contributed by atoms with Crippen LogP contribution in [-0.2, 0) is 0 Å². The lowest BCUT2D eigenvalue weighted by molar-refractivity contribution is 0.460. The molecule has 17 heavy (non-hydrogen) atoms. The van der Waals surface area contributed by atoms with Crippen molar-refractivity contribution in [2.24, 2.45) is 0 Å². The lowest BCUT2D eigenvalue weighted by Crippen LogP contribution is -1.88. The van der Waals surface area contributed by atoms with E-state index in [0.717, 1.165) is 16.9 Å². The van der Waals surface area contributed by atoms with Crippen LogP contribution >= 0.6 is 0 Å². The van der Waals surface area contributed by atoms with Crippen LogP contribution in [0.15, 0.2) is 54.7 Å². The van der Waals surface area contributed by atoms with E-state index < -0.39 is 0 Å². The van der Waals surface area contributed by atoms with Gasteiger partial charge in [0.2, 0.25) is 0 Å². The van der Waals surface area contributed by atoms with E-state index in [-0.39, 0.29) is 5.75 Å². The number of pyridine rings is 1. The molecule has 0 spiro atoms. The molecule has 1 aromatic carbocycles. The Morgan fingerprint density at radius 3 is 2.65 bits per heavy atom. The van der Waals surface area contributed by atoms with Crippen LogP contribution in [-0.4, -0.2) is 10.1 Å². The molecule has 0 saturated heterocycles. The van der Waals surface area contributed by atoms with Gasteiger partial charge in [-0.3, -0.25) is 0 Å². The van der Waals surface area contributed by atoms with Crippen molar-refractivity contribution in [3.05, 3.63) is 54.7 Å². The fraction of sp³-hybridized carbons (Fsp3) is 0. The molecule has 1 aliphatic carbocycles. The summed E-state index contributed by atoms with van der Waals surface area (Å²) in [6.07, 6.45) is 1.81. The average molecular weight is 225 g/mol. The summed E-state index contributed by atoms with van der Waals surface area (Å²) >= 11 is 0. The maximum Gasteiger partial charge on any atom is 0.198 e. The van der Waals surface area contributed by atoms with E-state index in [2.05, 4.69) is 4.98 Å². The average Bonchev–Trinajstić information content (AvgIpc) is 2.73. The van der Waals surface area contributed by atoms with Gasteiger partial charge in [-0.15, -0.1) is 0 Å². The highest BCUT2D eigenvalue weighted by atomic mass is 16.5. The zero-order valence-electron chi connectivity index (χ0n) is 9.05. The summed E-state index contributed by atoms with van der Waals surface area (Å²) in [6.45, 7) is 0. The highest BCUT2D eigenvalue weighted by molar-refractivity contribution is 5.74. The highest BCUT2D eigenvalue weighted by Crippen LogP contribution is 2.35. The fourth-order valence-corrected chi connectivity index (χ4v) is 1.78. The normalized spacial score (nSPS) is 10.6. The van der Waals surface area contributed by atoms with Gasteiger partial charge in [0.05, 0.1) is 0 Å². The first-order valence-electron chi connectivity index (χ1n) is 5.36. The number of aromatic hydroxyl groups is 1. The predicted octanol–water partition coefficient (Wildman–Crippen LogP) is 3.62. The second-order valence-corrected chi connectivity index (χ2v) is 3.80. The molecule has 3 rings (SSSR count). The van der Waals surface area contributed by atoms with Crippen molar-refractivity contribution in [3.8, 4) is 28.5 Å². The molecule has 0 radical (unpaired) electrons. The van der Waals surface area contributed by atoms with E-state index in [1.54, 1.807) is 12.1 Å². The van der Waals surface area contributed by atoms with Crippen molar-refractivity contribution in [3.63, 3.8) is 0 Å². The van der Waals surface area contributed by atoms with E-state index in [1.807, 2.05) is 42.6 Å². The number of hydrogen-bond acceptors (Lipinski definition) is 2. The predicted molar refractivity (Wildman–Crippen MR) is 65.6 cm³/mol.